The van der Waals surface area contributed by atoms with Gasteiger partial charge in [-0.3, -0.25) is 38.4 Å². The molecule has 0 aromatic heterocycles. The van der Waals surface area contributed by atoms with Crippen LogP contribution in [-0.4, -0.2) is 123 Å². The number of carbonyl (C=O) groups is 9. The van der Waals surface area contributed by atoms with E-state index in [2.05, 4.69) is 26.6 Å². The fourth-order valence-electron chi connectivity index (χ4n) is 4.15. The van der Waals surface area contributed by atoms with Crippen LogP contribution in [0.4, 0.5) is 0 Å². The van der Waals surface area contributed by atoms with Crippen molar-refractivity contribution in [1.29, 1.82) is 0 Å². The third-order valence-corrected chi connectivity index (χ3v) is 6.91. The Kier molecular flexibility index (Phi) is 20.4. The van der Waals surface area contributed by atoms with Crippen LogP contribution >= 0.6 is 0 Å². The van der Waals surface area contributed by atoms with E-state index in [0.29, 0.717) is 12.8 Å². The molecule has 21 heteroatoms. The zero-order chi connectivity index (χ0) is 37.8. The Morgan fingerprint density at radius 2 is 0.980 bits per heavy atom. The van der Waals surface area contributed by atoms with Crippen molar-refractivity contribution in [1.82, 2.24) is 26.6 Å². The average molecular weight is 705 g/mol. The Bertz CT molecular complexity index is 1200. The number of hydrogen-bond donors (Lipinski definition) is 12. The summed E-state index contributed by atoms with van der Waals surface area (Å²) in [7, 11) is 0. The Hall–Kier alpha value is -4.89. The Morgan fingerprint density at radius 3 is 1.37 bits per heavy atom. The highest BCUT2D eigenvalue weighted by Gasteiger charge is 2.34. The lowest BCUT2D eigenvalue weighted by Gasteiger charge is -2.28. The number of aliphatic hydroxyl groups is 1. The van der Waals surface area contributed by atoms with Gasteiger partial charge < -0.3 is 64.2 Å². The number of amides is 6. The lowest BCUT2D eigenvalue weighted by atomic mass is 10.0. The van der Waals surface area contributed by atoms with Crippen LogP contribution in [0.2, 0.25) is 0 Å². The van der Waals surface area contributed by atoms with Gasteiger partial charge >= 0.3 is 17.9 Å². The highest BCUT2D eigenvalue weighted by Crippen LogP contribution is 2.08. The molecule has 0 heterocycles. The predicted molar refractivity (Wildman–Crippen MR) is 168 cm³/mol. The van der Waals surface area contributed by atoms with Crippen LogP contribution in [0.1, 0.15) is 71.6 Å². The molecular weight excluding hydrogens is 656 g/mol. The smallest absolute Gasteiger partial charge is 0.326 e. The molecule has 49 heavy (non-hydrogen) atoms. The molecule has 0 saturated carbocycles. The fourth-order valence-corrected chi connectivity index (χ4v) is 4.15. The van der Waals surface area contributed by atoms with E-state index in [1.54, 1.807) is 0 Å². The minimum Gasteiger partial charge on any atom is -0.481 e. The van der Waals surface area contributed by atoms with Gasteiger partial charge in [0.1, 0.15) is 30.2 Å². The SMILES string of the molecule is C[C@H](N)C(=O)N[C@@H](CCC(=O)O)C(=O)N[C@H](C(=O)N[C@@H](CCC(N)=O)C(=O)N[C@@H](CCC(=O)O)C(=O)N[C@@H](CCCCN)C(=O)O)[C@@H](C)O. The van der Waals surface area contributed by atoms with E-state index in [4.69, 9.17) is 27.4 Å². The topological polar surface area (TPSA) is 373 Å². The molecule has 0 saturated heterocycles. The number of rotatable bonds is 25. The van der Waals surface area contributed by atoms with E-state index >= 15 is 0 Å². The average Bonchev–Trinajstić information content (AvgIpc) is 3.00. The second kappa shape index (κ2) is 22.6. The van der Waals surface area contributed by atoms with Crippen molar-refractivity contribution in [3.8, 4) is 0 Å². The van der Waals surface area contributed by atoms with E-state index < -0.39 is 134 Å². The van der Waals surface area contributed by atoms with Crippen molar-refractivity contribution < 1.29 is 63.6 Å². The van der Waals surface area contributed by atoms with Crippen LogP contribution < -0.4 is 43.8 Å². The maximum absolute atomic E-state index is 13.3. The van der Waals surface area contributed by atoms with Gasteiger partial charge in [-0.1, -0.05) is 0 Å². The summed E-state index contributed by atoms with van der Waals surface area (Å²) in [6.45, 7) is 2.66. The normalized spacial score (nSPS) is 15.1. The van der Waals surface area contributed by atoms with Gasteiger partial charge in [0, 0.05) is 19.3 Å². The van der Waals surface area contributed by atoms with Crippen molar-refractivity contribution in [3.05, 3.63) is 0 Å². The first-order valence-electron chi connectivity index (χ1n) is 15.4. The second-order valence-electron chi connectivity index (χ2n) is 11.3. The van der Waals surface area contributed by atoms with Gasteiger partial charge in [0.2, 0.25) is 35.4 Å². The second-order valence-corrected chi connectivity index (χ2v) is 11.3. The zero-order valence-corrected chi connectivity index (χ0v) is 27.3. The summed E-state index contributed by atoms with van der Waals surface area (Å²) in [4.78, 5) is 110. The molecule has 0 aliphatic rings. The van der Waals surface area contributed by atoms with E-state index in [0.717, 1.165) is 6.92 Å². The molecule has 0 spiro atoms. The highest BCUT2D eigenvalue weighted by molar-refractivity contribution is 5.97. The summed E-state index contributed by atoms with van der Waals surface area (Å²) in [5, 5.41) is 49.1. The Morgan fingerprint density at radius 1 is 0.571 bits per heavy atom. The maximum Gasteiger partial charge on any atom is 0.326 e. The molecule has 0 radical (unpaired) electrons. The molecule has 15 N–H and O–H groups in total. The van der Waals surface area contributed by atoms with Gasteiger partial charge in [-0.15, -0.1) is 0 Å². The van der Waals surface area contributed by atoms with Crippen LogP contribution in [0.15, 0.2) is 0 Å². The number of unbranched alkanes of at least 4 members (excludes halogenated alkanes) is 1. The minimum absolute atomic E-state index is 0.0201. The highest BCUT2D eigenvalue weighted by atomic mass is 16.4. The number of aliphatic carboxylic acids is 3. The summed E-state index contributed by atoms with van der Waals surface area (Å²) >= 11 is 0. The number of hydrogen-bond acceptors (Lipinski definition) is 12. The molecule has 7 atom stereocenters. The number of carboxylic acid groups (broad SMARTS) is 3. The molecule has 0 aliphatic carbocycles. The van der Waals surface area contributed by atoms with Gasteiger partial charge in [-0.2, -0.15) is 0 Å². The molecule has 278 valence electrons. The number of aliphatic hydroxyl groups excluding tert-OH is 1. The van der Waals surface area contributed by atoms with Gasteiger partial charge in [0.05, 0.1) is 12.1 Å². The molecule has 0 fully saturated rings. The van der Waals surface area contributed by atoms with Crippen LogP contribution in [-0.2, 0) is 43.2 Å². The van der Waals surface area contributed by atoms with E-state index in [9.17, 15) is 53.4 Å². The first kappa shape index (κ1) is 44.1. The summed E-state index contributed by atoms with van der Waals surface area (Å²) in [6, 6.07) is -9.10. The number of carboxylic acids is 3. The first-order valence-corrected chi connectivity index (χ1v) is 15.4. The maximum atomic E-state index is 13.3. The zero-order valence-electron chi connectivity index (χ0n) is 27.3. The molecule has 0 unspecified atom stereocenters. The first-order chi connectivity index (χ1) is 22.8. The quantitative estimate of drug-likeness (QED) is 0.0397. The van der Waals surface area contributed by atoms with Gasteiger partial charge in [-0.05, 0) is 58.9 Å². The van der Waals surface area contributed by atoms with Crippen molar-refractivity contribution in [2.24, 2.45) is 17.2 Å². The Labute approximate surface area is 281 Å². The molecule has 6 amide bonds. The number of carbonyl (C=O) groups excluding carboxylic acids is 6. The van der Waals surface area contributed by atoms with Crippen molar-refractivity contribution in [2.45, 2.75) is 114 Å². The molecule has 0 bridgehead atoms. The van der Waals surface area contributed by atoms with E-state index in [-0.39, 0.29) is 13.0 Å². The molecule has 21 nitrogen and oxygen atoms in total. The predicted octanol–water partition coefficient (Wildman–Crippen LogP) is -4.65. The minimum atomic E-state index is -1.81. The van der Waals surface area contributed by atoms with Crippen molar-refractivity contribution >= 4 is 53.4 Å². The largest absolute Gasteiger partial charge is 0.481 e. The van der Waals surface area contributed by atoms with Gasteiger partial charge in [0.25, 0.3) is 0 Å². The van der Waals surface area contributed by atoms with Gasteiger partial charge in [0.15, 0.2) is 0 Å². The van der Waals surface area contributed by atoms with E-state index in [1.165, 1.54) is 6.92 Å². The third-order valence-electron chi connectivity index (χ3n) is 6.91. The Balaban J connectivity index is 6.15. The van der Waals surface area contributed by atoms with Crippen LogP contribution in [0.25, 0.3) is 0 Å². The van der Waals surface area contributed by atoms with Crippen LogP contribution in [0, 0.1) is 0 Å². The number of nitrogens with one attached hydrogen (secondary N) is 5. The molecule has 0 aliphatic heterocycles. The molecule has 0 aromatic rings. The number of nitrogens with two attached hydrogens (primary N) is 3. The molecular formula is C28H48N8O13. The van der Waals surface area contributed by atoms with Gasteiger partial charge in [-0.25, -0.2) is 4.79 Å². The summed E-state index contributed by atoms with van der Waals surface area (Å²) in [5.41, 5.74) is 16.1. The lowest BCUT2D eigenvalue weighted by Crippen LogP contribution is -2.61. The lowest BCUT2D eigenvalue weighted by molar-refractivity contribution is -0.143. The van der Waals surface area contributed by atoms with Crippen LogP contribution in [0.5, 0.6) is 0 Å². The standard InChI is InChI=1S/C28H48N8O13/c1-13(30)23(43)32-17(8-11-21(41)42)26(46)36-22(14(2)37)27(47)34-15(6-9-19(31)38)24(44)33-16(7-10-20(39)40)25(45)35-18(28(48)49)5-3-4-12-29/h13-18,22,37H,3-12,29-30H2,1-2H3,(H2,31,38)(H,32,43)(H,33,44)(H,34,47)(H,35,45)(H,36,46)(H,39,40)(H,41,42)(H,48,49)/t13-,14+,15-,16-,17-,18-,22-/m0/s1. The third kappa shape index (κ3) is 18.3. The van der Waals surface area contributed by atoms with Crippen molar-refractivity contribution in [3.63, 3.8) is 0 Å². The summed E-state index contributed by atoms with van der Waals surface area (Å²) in [5.74, 6) is -10.2. The molecule has 0 aromatic carbocycles. The van der Waals surface area contributed by atoms with Crippen molar-refractivity contribution in [2.75, 3.05) is 6.54 Å². The summed E-state index contributed by atoms with van der Waals surface area (Å²) in [6.07, 6.45) is -3.97. The van der Waals surface area contributed by atoms with Crippen LogP contribution in [0.3, 0.4) is 0 Å². The monoisotopic (exact) mass is 704 g/mol. The summed E-state index contributed by atoms with van der Waals surface area (Å²) < 4.78 is 0. The number of primary amides is 1. The fraction of sp³-hybridized carbons (Fsp3) is 0.679. The van der Waals surface area contributed by atoms with E-state index in [1.807, 2.05) is 0 Å². The molecule has 0 rings (SSSR count).